The molecule has 0 saturated heterocycles. The third-order valence-electron chi connectivity index (χ3n) is 0.430. The van der Waals surface area contributed by atoms with Crippen LogP contribution in [0.25, 0.3) is 0 Å². The molecular formula is C3H9N3O2Pb. The van der Waals surface area contributed by atoms with Crippen LogP contribution < -0.4 is 11.1 Å². The van der Waals surface area contributed by atoms with Gasteiger partial charge < -0.3 is 16.2 Å². The van der Waals surface area contributed by atoms with Crippen molar-refractivity contribution in [3.8, 4) is 0 Å². The summed E-state index contributed by atoms with van der Waals surface area (Å²) < 4.78 is 0. The molecule has 0 aromatic rings. The third-order valence-corrected chi connectivity index (χ3v) is 0.430. The summed E-state index contributed by atoms with van der Waals surface area (Å²) in [6, 6.07) is 0. The number of hydrogen-bond donors (Lipinski definition) is 4. The first-order valence-corrected chi connectivity index (χ1v) is 1.92. The van der Waals surface area contributed by atoms with E-state index in [9.17, 15) is 4.79 Å². The fourth-order valence-corrected chi connectivity index (χ4v) is 0.171. The Morgan fingerprint density at radius 3 is 2.33 bits per heavy atom. The van der Waals surface area contributed by atoms with E-state index in [1.54, 1.807) is 0 Å². The van der Waals surface area contributed by atoms with Crippen LogP contribution in [0.5, 0.6) is 0 Å². The Labute approximate surface area is 72.3 Å². The van der Waals surface area contributed by atoms with Crippen molar-refractivity contribution < 1.29 is 9.90 Å². The number of carboxylic acids is 1. The van der Waals surface area contributed by atoms with E-state index >= 15 is 0 Å². The van der Waals surface area contributed by atoms with E-state index in [-0.39, 0.29) is 39.8 Å². The summed E-state index contributed by atoms with van der Waals surface area (Å²) in [5.41, 5.74) is 4.75. The Hall–Kier alpha value is -0.338. The first kappa shape index (κ1) is 11.5. The van der Waals surface area contributed by atoms with Crippen LogP contribution in [0.2, 0.25) is 0 Å². The van der Waals surface area contributed by atoms with Crippen molar-refractivity contribution in [1.82, 2.24) is 5.32 Å². The number of guanidine groups is 1. The van der Waals surface area contributed by atoms with Crippen LogP contribution in [0.3, 0.4) is 0 Å². The Balaban J connectivity index is 0. The molecule has 0 rings (SSSR count). The van der Waals surface area contributed by atoms with E-state index < -0.39 is 5.97 Å². The second-order valence-corrected chi connectivity index (χ2v) is 1.16. The molecule has 52 valence electrons. The topological polar surface area (TPSA) is 99.2 Å². The molecule has 0 fully saturated rings. The molecule has 0 atom stereocenters. The van der Waals surface area contributed by atoms with Crippen LogP contribution in [0.1, 0.15) is 0 Å². The van der Waals surface area contributed by atoms with Gasteiger partial charge in [-0.15, -0.1) is 0 Å². The van der Waals surface area contributed by atoms with Gasteiger partial charge >= 0.3 is 33.3 Å². The van der Waals surface area contributed by atoms with E-state index in [0.717, 1.165) is 0 Å². The van der Waals surface area contributed by atoms with Gasteiger partial charge in [-0.3, -0.25) is 10.2 Å². The second kappa shape index (κ2) is 5.79. The van der Waals surface area contributed by atoms with Gasteiger partial charge in [0.05, 0.1) is 0 Å². The number of nitrogens with one attached hydrogen (secondary N) is 2. The summed E-state index contributed by atoms with van der Waals surface area (Å²) in [4.78, 5) is 9.69. The van der Waals surface area contributed by atoms with Gasteiger partial charge in [0.2, 0.25) is 0 Å². The Kier molecular flexibility index (Phi) is 7.37. The van der Waals surface area contributed by atoms with Crippen molar-refractivity contribution in [2.75, 3.05) is 6.54 Å². The molecule has 2 radical (unpaired) electrons. The van der Waals surface area contributed by atoms with Gasteiger partial charge in [-0.2, -0.15) is 0 Å². The molecule has 5 N–H and O–H groups in total. The van der Waals surface area contributed by atoms with E-state index in [2.05, 4.69) is 5.32 Å². The zero-order chi connectivity index (χ0) is 6.57. The zero-order valence-electron chi connectivity index (χ0n) is 4.85. The minimum atomic E-state index is -1.03. The van der Waals surface area contributed by atoms with Crippen molar-refractivity contribution in [1.29, 1.82) is 5.41 Å². The number of rotatable bonds is 2. The Bertz CT molecular complexity index is 102. The molecule has 9 heavy (non-hydrogen) atoms. The molecule has 5 nitrogen and oxygen atoms in total. The molecule has 0 saturated carbocycles. The molecule has 0 aromatic carbocycles. The SMILES string of the molecule is N=C(N)NCC(=O)O.[PbH2]. The molecule has 0 aromatic heterocycles. The number of carboxylic acid groups (broad SMARTS) is 1. The normalized spacial score (nSPS) is 7.11. The van der Waals surface area contributed by atoms with E-state index in [4.69, 9.17) is 16.2 Å². The molecule has 0 aliphatic carbocycles. The summed E-state index contributed by atoms with van der Waals surface area (Å²) in [7, 11) is 0. The fourth-order valence-electron chi connectivity index (χ4n) is 0.171. The van der Waals surface area contributed by atoms with Gasteiger partial charge in [0.25, 0.3) is 0 Å². The monoisotopic (exact) mass is 327 g/mol. The summed E-state index contributed by atoms with van der Waals surface area (Å²) in [6.07, 6.45) is 0. The van der Waals surface area contributed by atoms with E-state index in [0.29, 0.717) is 0 Å². The maximum atomic E-state index is 9.69. The van der Waals surface area contributed by atoms with E-state index in [1.807, 2.05) is 0 Å². The van der Waals surface area contributed by atoms with Gasteiger partial charge in [-0.05, 0) is 0 Å². The van der Waals surface area contributed by atoms with Gasteiger partial charge in [0.15, 0.2) is 5.96 Å². The van der Waals surface area contributed by atoms with Crippen molar-refractivity contribution >= 4 is 39.2 Å². The van der Waals surface area contributed by atoms with Gasteiger partial charge in [-0.25, -0.2) is 0 Å². The van der Waals surface area contributed by atoms with Gasteiger partial charge in [-0.1, -0.05) is 0 Å². The molecule has 0 aliphatic rings. The van der Waals surface area contributed by atoms with Crippen LogP contribution in [0, 0.1) is 5.41 Å². The molecule has 0 spiro atoms. The van der Waals surface area contributed by atoms with Crippen LogP contribution in [-0.4, -0.2) is 50.9 Å². The van der Waals surface area contributed by atoms with Crippen LogP contribution in [-0.2, 0) is 4.79 Å². The van der Waals surface area contributed by atoms with Gasteiger partial charge in [0.1, 0.15) is 6.54 Å². The summed E-state index contributed by atoms with van der Waals surface area (Å²) in [5.74, 6) is -1.35. The molecule has 0 aliphatic heterocycles. The standard InChI is InChI=1S/C3H7N3O2.Pb.2H/c4-3(5)6-1-2(7)8;;;/h1H2,(H,7,8)(H4,4,5,6);;;. The summed E-state index contributed by atoms with van der Waals surface area (Å²) in [6.45, 7) is -0.296. The Morgan fingerprint density at radius 1 is 1.78 bits per heavy atom. The minimum absolute atomic E-state index is 0. The third kappa shape index (κ3) is 11.3. The fraction of sp³-hybridized carbons (Fsp3) is 0.333. The average molecular weight is 326 g/mol. The van der Waals surface area contributed by atoms with Gasteiger partial charge in [0, 0.05) is 0 Å². The first-order chi connectivity index (χ1) is 3.63. The number of carbonyl (C=O) groups is 1. The molecule has 6 heteroatoms. The Morgan fingerprint density at radius 2 is 2.22 bits per heavy atom. The number of nitrogens with two attached hydrogens (primary N) is 1. The predicted octanol–water partition coefficient (Wildman–Crippen LogP) is -2.36. The molecule has 0 unspecified atom stereocenters. The molecule has 0 heterocycles. The quantitative estimate of drug-likeness (QED) is 0.259. The van der Waals surface area contributed by atoms with Crippen LogP contribution in [0.15, 0.2) is 0 Å². The first-order valence-electron chi connectivity index (χ1n) is 1.92. The number of hydrogen-bond acceptors (Lipinski definition) is 2. The van der Waals surface area contributed by atoms with Crippen LogP contribution in [0.4, 0.5) is 0 Å². The zero-order valence-corrected chi connectivity index (χ0v) is 10.3. The van der Waals surface area contributed by atoms with Crippen LogP contribution >= 0.6 is 0 Å². The van der Waals surface area contributed by atoms with Crippen molar-refractivity contribution in [3.05, 3.63) is 0 Å². The molecule has 0 amide bonds. The van der Waals surface area contributed by atoms with Crippen molar-refractivity contribution in [2.24, 2.45) is 5.73 Å². The molecule has 0 bridgehead atoms. The summed E-state index contributed by atoms with van der Waals surface area (Å²) >= 11 is 0. The van der Waals surface area contributed by atoms with E-state index in [1.165, 1.54) is 0 Å². The average Bonchev–Trinajstić information content (AvgIpc) is 1.61. The second-order valence-electron chi connectivity index (χ2n) is 1.16. The predicted molar refractivity (Wildman–Crippen MR) is 36.1 cm³/mol. The van der Waals surface area contributed by atoms with Crippen molar-refractivity contribution in [3.63, 3.8) is 0 Å². The number of aliphatic carboxylic acids is 1. The maximum absolute atomic E-state index is 9.69. The van der Waals surface area contributed by atoms with Crippen molar-refractivity contribution in [2.45, 2.75) is 0 Å². The summed E-state index contributed by atoms with van der Waals surface area (Å²) in [5, 5.41) is 16.5. The molecular weight excluding hydrogens is 317 g/mol.